The third-order valence-corrected chi connectivity index (χ3v) is 6.44. The van der Waals surface area contributed by atoms with Crippen LogP contribution in [0.25, 0.3) is 11.3 Å². The van der Waals surface area contributed by atoms with Crippen LogP contribution in [0.4, 0.5) is 11.4 Å². The minimum atomic E-state index is -0.846. The minimum absolute atomic E-state index is 0.0380. The predicted octanol–water partition coefficient (Wildman–Crippen LogP) is 6.35. The van der Waals surface area contributed by atoms with E-state index in [1.165, 1.54) is 5.56 Å². The average Bonchev–Trinajstić information content (AvgIpc) is 3.19. The monoisotopic (exact) mass is 503 g/mol. The van der Waals surface area contributed by atoms with E-state index in [9.17, 15) is 9.59 Å². The zero-order valence-electron chi connectivity index (χ0n) is 20.4. The molecule has 0 aromatic heterocycles. The number of rotatable bonds is 10. The number of carboxylic acids is 1. The Morgan fingerprint density at radius 2 is 1.86 bits per heavy atom. The Kier molecular flexibility index (Phi) is 8.08. The summed E-state index contributed by atoms with van der Waals surface area (Å²) in [5.74, 6) is -1.07. The number of fused-ring (bicyclic) bond motifs is 1. The molecule has 0 spiro atoms. The van der Waals surface area contributed by atoms with E-state index in [0.29, 0.717) is 28.4 Å². The topological polar surface area (TPSA) is 90.5 Å². The molecule has 0 aliphatic carbocycles. The van der Waals surface area contributed by atoms with E-state index < -0.39 is 5.97 Å². The molecule has 36 heavy (non-hydrogen) atoms. The number of aryl methyl sites for hydroxylation is 1. The van der Waals surface area contributed by atoms with E-state index >= 15 is 0 Å². The Balaban J connectivity index is 1.74. The van der Waals surface area contributed by atoms with Gasteiger partial charge in [0.05, 0.1) is 17.0 Å². The van der Waals surface area contributed by atoms with Gasteiger partial charge in [0.15, 0.2) is 0 Å². The van der Waals surface area contributed by atoms with Crippen molar-refractivity contribution in [3.63, 3.8) is 0 Å². The molecular weight excluding hydrogens is 474 g/mol. The SMILES string of the molecule is CCCNC(C)c1ccc(NC(=C2C(=O)Nc3cc(Cl)ccc32)c2cccc(CCC(=O)O)c2)cc1. The third kappa shape index (κ3) is 5.96. The van der Waals surface area contributed by atoms with Crippen LogP contribution < -0.4 is 16.0 Å². The Morgan fingerprint density at radius 3 is 2.58 bits per heavy atom. The Morgan fingerprint density at radius 1 is 1.08 bits per heavy atom. The maximum absolute atomic E-state index is 13.2. The largest absolute Gasteiger partial charge is 0.481 e. The quantitative estimate of drug-likeness (QED) is 0.242. The van der Waals surface area contributed by atoms with Crippen molar-refractivity contribution in [1.29, 1.82) is 0 Å². The molecule has 4 rings (SSSR count). The molecule has 1 unspecified atom stereocenters. The molecule has 4 N–H and O–H groups in total. The fourth-order valence-electron chi connectivity index (χ4n) is 4.28. The summed E-state index contributed by atoms with van der Waals surface area (Å²) < 4.78 is 0. The van der Waals surface area contributed by atoms with Gasteiger partial charge in [0, 0.05) is 28.7 Å². The lowest BCUT2D eigenvalue weighted by molar-refractivity contribution is -0.137. The molecule has 7 heteroatoms. The molecule has 0 bridgehead atoms. The van der Waals surface area contributed by atoms with Gasteiger partial charge in [0.2, 0.25) is 0 Å². The van der Waals surface area contributed by atoms with Crippen molar-refractivity contribution >= 4 is 46.1 Å². The highest BCUT2D eigenvalue weighted by atomic mass is 35.5. The highest BCUT2D eigenvalue weighted by Gasteiger charge is 2.28. The van der Waals surface area contributed by atoms with Crippen LogP contribution in [0.1, 0.15) is 55.0 Å². The number of benzene rings is 3. The fraction of sp³-hybridized carbons (Fsp3) is 0.241. The zero-order chi connectivity index (χ0) is 25.7. The summed E-state index contributed by atoms with van der Waals surface area (Å²) in [5, 5.41) is 19.5. The number of carboxylic acid groups (broad SMARTS) is 1. The molecule has 1 aliphatic heterocycles. The van der Waals surface area contributed by atoms with Crippen LogP contribution in [-0.2, 0) is 16.0 Å². The third-order valence-electron chi connectivity index (χ3n) is 6.20. The standard InChI is InChI=1S/C29H30ClN3O3/c1-3-15-31-18(2)20-8-11-23(12-9-20)32-28(21-6-4-5-19(16-21)7-14-26(34)35)27-24-13-10-22(30)17-25(24)33-29(27)36/h4-6,8-13,16-18,31-32H,3,7,14-15H2,1-2H3,(H,33,36)(H,34,35). The molecule has 0 saturated heterocycles. The van der Waals surface area contributed by atoms with Crippen LogP contribution in [0, 0.1) is 0 Å². The van der Waals surface area contributed by atoms with Crippen LogP contribution in [0.3, 0.4) is 0 Å². The van der Waals surface area contributed by atoms with Gasteiger partial charge >= 0.3 is 5.97 Å². The first-order valence-electron chi connectivity index (χ1n) is 12.1. The van der Waals surface area contributed by atoms with E-state index in [-0.39, 0.29) is 18.4 Å². The van der Waals surface area contributed by atoms with Crippen LogP contribution in [0.15, 0.2) is 66.7 Å². The second-order valence-electron chi connectivity index (χ2n) is 8.91. The maximum atomic E-state index is 13.2. The van der Waals surface area contributed by atoms with Crippen molar-refractivity contribution in [2.75, 3.05) is 17.2 Å². The molecule has 0 fully saturated rings. The molecule has 3 aromatic rings. The number of anilines is 2. The highest BCUT2D eigenvalue weighted by Crippen LogP contribution is 2.39. The van der Waals surface area contributed by atoms with Gasteiger partial charge in [-0.25, -0.2) is 0 Å². The molecule has 1 amide bonds. The minimum Gasteiger partial charge on any atom is -0.481 e. The number of aliphatic carboxylic acids is 1. The molecule has 0 saturated carbocycles. The Hall–Kier alpha value is -3.61. The number of carbonyl (C=O) groups excluding carboxylic acids is 1. The van der Waals surface area contributed by atoms with Crippen molar-refractivity contribution in [3.05, 3.63) is 94.0 Å². The molecule has 0 radical (unpaired) electrons. The lowest BCUT2D eigenvalue weighted by atomic mass is 9.97. The molecular formula is C29H30ClN3O3. The summed E-state index contributed by atoms with van der Waals surface area (Å²) in [6.07, 6.45) is 1.51. The highest BCUT2D eigenvalue weighted by molar-refractivity contribution is 6.38. The Bertz CT molecular complexity index is 1300. The van der Waals surface area contributed by atoms with Gasteiger partial charge in [-0.05, 0) is 73.3 Å². The van der Waals surface area contributed by atoms with Gasteiger partial charge in [0.1, 0.15) is 0 Å². The second kappa shape index (κ2) is 11.4. The average molecular weight is 504 g/mol. The number of amides is 1. The fourth-order valence-corrected chi connectivity index (χ4v) is 4.46. The molecule has 1 aliphatic rings. The molecule has 186 valence electrons. The van der Waals surface area contributed by atoms with Crippen molar-refractivity contribution in [1.82, 2.24) is 5.32 Å². The van der Waals surface area contributed by atoms with Crippen molar-refractivity contribution < 1.29 is 14.7 Å². The van der Waals surface area contributed by atoms with Gasteiger partial charge < -0.3 is 21.1 Å². The number of hydrogen-bond donors (Lipinski definition) is 4. The van der Waals surface area contributed by atoms with Crippen LogP contribution in [-0.4, -0.2) is 23.5 Å². The van der Waals surface area contributed by atoms with Crippen LogP contribution in [0.2, 0.25) is 5.02 Å². The number of halogens is 1. The first-order valence-corrected chi connectivity index (χ1v) is 12.5. The van der Waals surface area contributed by atoms with Gasteiger partial charge in [-0.2, -0.15) is 0 Å². The zero-order valence-corrected chi connectivity index (χ0v) is 21.2. The van der Waals surface area contributed by atoms with Gasteiger partial charge in [-0.15, -0.1) is 0 Å². The lowest BCUT2D eigenvalue weighted by Crippen LogP contribution is -2.19. The number of hydrogen-bond acceptors (Lipinski definition) is 4. The number of carbonyl (C=O) groups is 2. The predicted molar refractivity (Wildman–Crippen MR) is 146 cm³/mol. The van der Waals surface area contributed by atoms with Crippen LogP contribution in [0.5, 0.6) is 0 Å². The van der Waals surface area contributed by atoms with E-state index in [2.05, 4.69) is 41.9 Å². The summed E-state index contributed by atoms with van der Waals surface area (Å²) in [6.45, 7) is 5.23. The smallest absolute Gasteiger partial charge is 0.303 e. The number of nitrogens with one attached hydrogen (secondary N) is 3. The molecule has 1 heterocycles. The van der Waals surface area contributed by atoms with E-state index in [1.807, 2.05) is 42.5 Å². The normalized spacial score (nSPS) is 14.7. The van der Waals surface area contributed by atoms with Crippen molar-refractivity contribution in [2.24, 2.45) is 0 Å². The second-order valence-corrected chi connectivity index (χ2v) is 9.35. The van der Waals surface area contributed by atoms with E-state index in [1.54, 1.807) is 12.1 Å². The summed E-state index contributed by atoms with van der Waals surface area (Å²) in [4.78, 5) is 24.2. The van der Waals surface area contributed by atoms with Gasteiger partial charge in [-0.3, -0.25) is 9.59 Å². The first-order chi connectivity index (χ1) is 17.4. The van der Waals surface area contributed by atoms with Gasteiger partial charge in [0.25, 0.3) is 5.91 Å². The summed E-state index contributed by atoms with van der Waals surface area (Å²) in [5.41, 5.74) is 6.29. The van der Waals surface area contributed by atoms with E-state index in [0.717, 1.165) is 35.3 Å². The van der Waals surface area contributed by atoms with Crippen molar-refractivity contribution in [3.8, 4) is 0 Å². The summed E-state index contributed by atoms with van der Waals surface area (Å²) in [7, 11) is 0. The Labute approximate surface area is 216 Å². The molecule has 1 atom stereocenters. The molecule has 6 nitrogen and oxygen atoms in total. The van der Waals surface area contributed by atoms with Crippen LogP contribution >= 0.6 is 11.6 Å². The molecule has 3 aromatic carbocycles. The van der Waals surface area contributed by atoms with Gasteiger partial charge in [-0.1, -0.05) is 54.9 Å². The summed E-state index contributed by atoms with van der Waals surface area (Å²) >= 11 is 6.16. The van der Waals surface area contributed by atoms with E-state index in [4.69, 9.17) is 16.7 Å². The summed E-state index contributed by atoms with van der Waals surface area (Å²) in [6, 6.07) is 21.4. The first kappa shape index (κ1) is 25.5. The lowest BCUT2D eigenvalue weighted by Gasteiger charge is -2.17. The maximum Gasteiger partial charge on any atom is 0.303 e. The van der Waals surface area contributed by atoms with Crippen molar-refractivity contribution in [2.45, 2.75) is 39.2 Å².